The van der Waals surface area contributed by atoms with E-state index in [-0.39, 0.29) is 12.8 Å². The molecule has 0 radical (unpaired) electrons. The minimum absolute atomic E-state index is 0. The summed E-state index contributed by atoms with van der Waals surface area (Å²) in [5.74, 6) is 0.331. The molecule has 0 unspecified atom stereocenters. The normalized spacial score (nSPS) is 11.0. The second kappa shape index (κ2) is 6.68. The van der Waals surface area contributed by atoms with Gasteiger partial charge in [-0.1, -0.05) is 68.0 Å². The molecule has 0 amide bonds. The van der Waals surface area contributed by atoms with Gasteiger partial charge in [0.25, 0.3) is 0 Å². The van der Waals surface area contributed by atoms with Crippen molar-refractivity contribution >= 4 is 0 Å². The molecule has 0 fully saturated rings. The molecule has 1 heteroatoms. The summed E-state index contributed by atoms with van der Waals surface area (Å²) < 4.78 is 0. The minimum atomic E-state index is 0. The van der Waals surface area contributed by atoms with Crippen molar-refractivity contribution in [2.45, 2.75) is 61.3 Å². The third-order valence-corrected chi connectivity index (χ3v) is 1.73. The van der Waals surface area contributed by atoms with Gasteiger partial charge in [0.1, 0.15) is 5.75 Å². The number of phenols is 1. The minimum Gasteiger partial charge on any atom is -0.508 e. The average molecular weight is 238 g/mol. The van der Waals surface area contributed by atoms with Crippen LogP contribution < -0.4 is 0 Å². The second-order valence-electron chi connectivity index (χ2n) is 6.80. The summed E-state index contributed by atoms with van der Waals surface area (Å²) in [5, 5.41) is 9.02. The summed E-state index contributed by atoms with van der Waals surface area (Å²) in [6.07, 6.45) is 0. The van der Waals surface area contributed by atoms with E-state index in [4.69, 9.17) is 5.11 Å². The predicted octanol–water partition coefficient (Wildman–Crippen LogP) is 5.38. The van der Waals surface area contributed by atoms with E-state index in [1.807, 2.05) is 12.1 Å². The molecule has 0 aliphatic heterocycles. The van der Waals surface area contributed by atoms with Crippen molar-refractivity contribution in [1.82, 2.24) is 0 Å². The van der Waals surface area contributed by atoms with Crippen molar-refractivity contribution in [3.05, 3.63) is 29.8 Å². The molecule has 0 heterocycles. The summed E-state index contributed by atoms with van der Waals surface area (Å²) in [4.78, 5) is 0. The first-order valence-corrected chi connectivity index (χ1v) is 5.79. The zero-order valence-electron chi connectivity index (χ0n) is 11.8. The van der Waals surface area contributed by atoms with Gasteiger partial charge >= 0.3 is 0 Å². The summed E-state index contributed by atoms with van der Waals surface area (Å²) in [7, 11) is 0. The lowest BCUT2D eigenvalue weighted by molar-refractivity contribution is 0.469. The van der Waals surface area contributed by atoms with E-state index >= 15 is 0 Å². The highest BCUT2D eigenvalue weighted by Gasteiger charge is 2.12. The fraction of sp³-hybridized carbons (Fsp3) is 0.625. The highest BCUT2D eigenvalue weighted by atomic mass is 16.3. The van der Waals surface area contributed by atoms with Crippen LogP contribution in [0.5, 0.6) is 5.75 Å². The number of rotatable bonds is 0. The SMILES string of the molecule is C.CC(C)(C)C.CC(C)(C)c1ccc(O)cc1. The van der Waals surface area contributed by atoms with Crippen LogP contribution in [0.3, 0.4) is 0 Å². The summed E-state index contributed by atoms with van der Waals surface area (Å²) in [6, 6.07) is 7.35. The van der Waals surface area contributed by atoms with E-state index in [1.165, 1.54) is 5.56 Å². The molecule has 1 aromatic carbocycles. The third-order valence-electron chi connectivity index (χ3n) is 1.73. The quantitative estimate of drug-likeness (QED) is 0.643. The largest absolute Gasteiger partial charge is 0.508 e. The van der Waals surface area contributed by atoms with Crippen LogP contribution >= 0.6 is 0 Å². The smallest absolute Gasteiger partial charge is 0.115 e. The Kier molecular flexibility index (Phi) is 7.23. The molecule has 1 N–H and O–H groups in total. The second-order valence-corrected chi connectivity index (χ2v) is 6.80. The van der Waals surface area contributed by atoms with E-state index in [2.05, 4.69) is 48.5 Å². The zero-order valence-corrected chi connectivity index (χ0v) is 11.8. The van der Waals surface area contributed by atoms with Gasteiger partial charge in [-0.2, -0.15) is 0 Å². The number of aromatic hydroxyl groups is 1. The predicted molar refractivity (Wildman–Crippen MR) is 78.7 cm³/mol. The van der Waals surface area contributed by atoms with Gasteiger partial charge in [0.2, 0.25) is 0 Å². The monoisotopic (exact) mass is 238 g/mol. The molecule has 1 rings (SSSR count). The average Bonchev–Trinajstić information content (AvgIpc) is 1.99. The Morgan fingerprint density at radius 3 is 1.29 bits per heavy atom. The van der Waals surface area contributed by atoms with Crippen molar-refractivity contribution in [2.24, 2.45) is 5.41 Å². The number of hydrogen-bond donors (Lipinski definition) is 1. The van der Waals surface area contributed by atoms with Crippen LogP contribution in [-0.2, 0) is 5.41 Å². The molecule has 0 bridgehead atoms. The van der Waals surface area contributed by atoms with Gasteiger partial charge in [0.05, 0.1) is 0 Å². The fourth-order valence-corrected chi connectivity index (χ4v) is 0.961. The molecule has 0 aromatic heterocycles. The lowest BCUT2D eigenvalue weighted by Gasteiger charge is -2.18. The molecule has 0 saturated carbocycles. The lowest BCUT2D eigenvalue weighted by atomic mass is 9.87. The van der Waals surface area contributed by atoms with E-state index in [0.29, 0.717) is 11.2 Å². The van der Waals surface area contributed by atoms with Crippen molar-refractivity contribution < 1.29 is 5.11 Å². The van der Waals surface area contributed by atoms with E-state index in [9.17, 15) is 0 Å². The van der Waals surface area contributed by atoms with Gasteiger partial charge in [-0.25, -0.2) is 0 Å². The van der Waals surface area contributed by atoms with Crippen LogP contribution in [0.25, 0.3) is 0 Å². The van der Waals surface area contributed by atoms with Crippen molar-refractivity contribution in [1.29, 1.82) is 0 Å². The van der Waals surface area contributed by atoms with E-state index in [1.54, 1.807) is 12.1 Å². The summed E-state index contributed by atoms with van der Waals surface area (Å²) >= 11 is 0. The zero-order chi connectivity index (χ0) is 13.0. The molecule has 1 aromatic rings. The maximum Gasteiger partial charge on any atom is 0.115 e. The van der Waals surface area contributed by atoms with Crippen molar-refractivity contribution in [3.8, 4) is 5.75 Å². The Morgan fingerprint density at radius 1 is 0.765 bits per heavy atom. The molecule has 0 aliphatic carbocycles. The Hall–Kier alpha value is -0.980. The Balaban J connectivity index is 0. The number of hydrogen-bond acceptors (Lipinski definition) is 1. The fourth-order valence-electron chi connectivity index (χ4n) is 0.961. The summed E-state index contributed by atoms with van der Waals surface area (Å²) in [5.41, 5.74) is 1.92. The van der Waals surface area contributed by atoms with E-state index in [0.717, 1.165) is 0 Å². The topological polar surface area (TPSA) is 20.2 Å². The molecule has 0 aliphatic rings. The molecule has 0 atom stereocenters. The maximum atomic E-state index is 9.02. The molecule has 100 valence electrons. The molecular weight excluding hydrogens is 208 g/mol. The van der Waals surface area contributed by atoms with Crippen LogP contribution in [0, 0.1) is 5.41 Å². The molecular formula is C16H30O. The van der Waals surface area contributed by atoms with E-state index < -0.39 is 0 Å². The van der Waals surface area contributed by atoms with Gasteiger partial charge in [0, 0.05) is 0 Å². The van der Waals surface area contributed by atoms with Crippen molar-refractivity contribution in [2.75, 3.05) is 0 Å². The first-order chi connectivity index (χ1) is 7.00. The summed E-state index contributed by atoms with van der Waals surface area (Å²) in [6.45, 7) is 15.2. The Bertz CT molecular complexity index is 290. The number of benzene rings is 1. The van der Waals surface area contributed by atoms with Gasteiger partial charge in [-0.05, 0) is 28.5 Å². The van der Waals surface area contributed by atoms with Gasteiger partial charge in [0.15, 0.2) is 0 Å². The first kappa shape index (κ1) is 18.4. The van der Waals surface area contributed by atoms with Crippen LogP contribution in [0.4, 0.5) is 0 Å². The van der Waals surface area contributed by atoms with Gasteiger partial charge < -0.3 is 5.11 Å². The molecule has 17 heavy (non-hydrogen) atoms. The third kappa shape index (κ3) is 11.3. The van der Waals surface area contributed by atoms with Crippen LogP contribution in [0.2, 0.25) is 0 Å². The Morgan fingerprint density at radius 2 is 1.06 bits per heavy atom. The highest BCUT2D eigenvalue weighted by molar-refractivity contribution is 5.29. The highest BCUT2D eigenvalue weighted by Crippen LogP contribution is 2.23. The van der Waals surface area contributed by atoms with Crippen molar-refractivity contribution in [3.63, 3.8) is 0 Å². The molecule has 0 saturated heterocycles. The standard InChI is InChI=1S/C10H14O.C5H12.CH4/c1-10(2,3)8-4-6-9(11)7-5-8;1-5(2,3)4;/h4-7,11H,1-3H3;1-4H3;1H4. The van der Waals surface area contributed by atoms with Crippen LogP contribution in [0.15, 0.2) is 24.3 Å². The van der Waals surface area contributed by atoms with Crippen LogP contribution in [-0.4, -0.2) is 5.11 Å². The maximum absolute atomic E-state index is 9.02. The first-order valence-electron chi connectivity index (χ1n) is 5.79. The van der Waals surface area contributed by atoms with Gasteiger partial charge in [-0.3, -0.25) is 0 Å². The molecule has 0 spiro atoms. The lowest BCUT2D eigenvalue weighted by Crippen LogP contribution is -2.10. The van der Waals surface area contributed by atoms with Gasteiger partial charge in [-0.15, -0.1) is 0 Å². The van der Waals surface area contributed by atoms with Crippen LogP contribution in [0.1, 0.15) is 61.5 Å². The number of phenolic OH excluding ortho intramolecular Hbond substituents is 1. The molecule has 1 nitrogen and oxygen atoms in total. The Labute approximate surface area is 108 Å².